The van der Waals surface area contributed by atoms with Gasteiger partial charge in [-0.15, -0.1) is 0 Å². The summed E-state index contributed by atoms with van der Waals surface area (Å²) in [5.41, 5.74) is 6.61. The number of H-pyrrole nitrogens is 1. The van der Waals surface area contributed by atoms with Crippen LogP contribution in [0.4, 0.5) is 0 Å². The van der Waals surface area contributed by atoms with Crippen LogP contribution in [-0.2, 0) is 4.84 Å². The van der Waals surface area contributed by atoms with E-state index in [1.54, 1.807) is 26.1 Å². The van der Waals surface area contributed by atoms with Crippen molar-refractivity contribution < 1.29 is 9.63 Å². The summed E-state index contributed by atoms with van der Waals surface area (Å²) in [6, 6.07) is -0.511. The molecule has 33 heavy (non-hydrogen) atoms. The van der Waals surface area contributed by atoms with Gasteiger partial charge in [-0.25, -0.2) is 15.0 Å². The van der Waals surface area contributed by atoms with Crippen molar-refractivity contribution in [2.45, 2.75) is 58.9 Å². The van der Waals surface area contributed by atoms with Crippen LogP contribution < -0.4 is 16.6 Å². The Morgan fingerprint density at radius 1 is 1.27 bits per heavy atom. The van der Waals surface area contributed by atoms with Gasteiger partial charge in [-0.2, -0.15) is 0 Å². The Kier molecular flexibility index (Phi) is 10.4. The number of nitrogens with zero attached hydrogens (tertiary/aromatic N) is 5. The molecule has 0 spiro atoms. The third-order valence-corrected chi connectivity index (χ3v) is 4.58. The van der Waals surface area contributed by atoms with Crippen LogP contribution in [0.15, 0.2) is 51.2 Å². The second-order valence-corrected chi connectivity index (χ2v) is 7.21. The quantitative estimate of drug-likeness (QED) is 0.192. The van der Waals surface area contributed by atoms with Crippen LogP contribution in [0.5, 0.6) is 0 Å². The van der Waals surface area contributed by atoms with Crippen molar-refractivity contribution in [1.29, 1.82) is 0 Å². The highest BCUT2D eigenvalue weighted by atomic mass is 16.6. The number of nitrogens with two attached hydrogens (primary N) is 1. The Balaban J connectivity index is 1.89. The average molecular weight is 455 g/mol. The van der Waals surface area contributed by atoms with Gasteiger partial charge >= 0.3 is 0 Å². The molecule has 11 nitrogen and oxygen atoms in total. The second-order valence-electron chi connectivity index (χ2n) is 7.21. The molecule has 0 bridgehead atoms. The number of rotatable bonds is 12. The van der Waals surface area contributed by atoms with Gasteiger partial charge in [0.05, 0.1) is 18.5 Å². The van der Waals surface area contributed by atoms with Crippen LogP contribution in [0, 0.1) is 0 Å². The van der Waals surface area contributed by atoms with Crippen molar-refractivity contribution in [2.75, 3.05) is 0 Å². The lowest BCUT2D eigenvalue weighted by Crippen LogP contribution is -2.35. The molecule has 176 valence electrons. The summed E-state index contributed by atoms with van der Waals surface area (Å²) in [6.07, 6.45) is 13.8. The van der Waals surface area contributed by atoms with Gasteiger partial charge in [0.1, 0.15) is 11.8 Å². The fourth-order valence-electron chi connectivity index (χ4n) is 2.86. The molecule has 0 aliphatic carbocycles. The maximum atomic E-state index is 12.7. The molecular weight excluding hydrogens is 424 g/mol. The van der Waals surface area contributed by atoms with Crippen molar-refractivity contribution >= 4 is 29.5 Å². The second kappa shape index (κ2) is 13.5. The largest absolute Gasteiger partial charge is 0.401 e. The van der Waals surface area contributed by atoms with E-state index in [0.29, 0.717) is 5.76 Å². The summed E-state index contributed by atoms with van der Waals surface area (Å²) in [4.78, 5) is 47.9. The molecule has 11 heteroatoms. The van der Waals surface area contributed by atoms with Gasteiger partial charge in [0, 0.05) is 18.1 Å². The Morgan fingerprint density at radius 3 is 2.85 bits per heavy atom. The number of oxime groups is 1. The first-order chi connectivity index (χ1) is 16.0. The van der Waals surface area contributed by atoms with Gasteiger partial charge in [-0.1, -0.05) is 31.3 Å². The number of allylic oxidation sites excluding steroid dienone is 2. The van der Waals surface area contributed by atoms with Crippen molar-refractivity contribution in [3.05, 3.63) is 52.3 Å². The van der Waals surface area contributed by atoms with Crippen LogP contribution in [0.2, 0.25) is 0 Å². The van der Waals surface area contributed by atoms with Crippen molar-refractivity contribution in [1.82, 2.24) is 25.3 Å². The van der Waals surface area contributed by atoms with E-state index in [0.717, 1.165) is 31.2 Å². The smallest absolute Gasteiger partial charge is 0.272 e. The maximum Gasteiger partial charge on any atom is 0.272 e. The Labute approximate surface area is 192 Å². The zero-order chi connectivity index (χ0) is 24.1. The predicted octanol–water partition coefficient (Wildman–Crippen LogP) is 2.58. The normalized spacial score (nSPS) is 13.7. The number of carbonyl (C=O) groups is 1. The van der Waals surface area contributed by atoms with E-state index in [2.05, 4.69) is 42.3 Å². The van der Waals surface area contributed by atoms with Crippen LogP contribution in [-0.4, -0.2) is 44.3 Å². The molecule has 0 saturated heterocycles. The number of aromatic amines is 1. The predicted molar refractivity (Wildman–Crippen MR) is 128 cm³/mol. The molecule has 2 aromatic rings. The Bertz CT molecular complexity index is 1100. The zero-order valence-electron chi connectivity index (χ0n) is 19.1. The Hall–Kier alpha value is -3.89. The number of unbranched alkanes of at least 4 members (excludes halogenated alkanes) is 3. The van der Waals surface area contributed by atoms with Crippen LogP contribution in [0.3, 0.4) is 0 Å². The van der Waals surface area contributed by atoms with Gasteiger partial charge in [-0.05, 0) is 32.8 Å². The van der Waals surface area contributed by atoms with Crippen molar-refractivity contribution in [3.63, 3.8) is 0 Å². The fraction of sp³-hybridized carbons (Fsp3) is 0.409. The van der Waals surface area contributed by atoms with Crippen LogP contribution >= 0.6 is 0 Å². The van der Waals surface area contributed by atoms with Gasteiger partial charge in [0.2, 0.25) is 0 Å². The van der Waals surface area contributed by atoms with Gasteiger partial charge in [0.25, 0.3) is 11.5 Å². The van der Waals surface area contributed by atoms with Gasteiger partial charge < -0.3 is 20.9 Å². The van der Waals surface area contributed by atoms with E-state index < -0.39 is 17.5 Å². The lowest BCUT2D eigenvalue weighted by molar-refractivity contribution is 0.0923. The molecule has 2 heterocycles. The van der Waals surface area contributed by atoms with E-state index in [1.807, 2.05) is 0 Å². The topological polar surface area (TPSA) is 161 Å². The molecule has 0 saturated carbocycles. The van der Waals surface area contributed by atoms with Crippen LogP contribution in [0.25, 0.3) is 11.2 Å². The molecule has 0 aromatic carbocycles. The lowest BCUT2D eigenvalue weighted by atomic mass is 10.1. The summed E-state index contributed by atoms with van der Waals surface area (Å²) in [6.45, 7) is 5.66. The number of aliphatic imine (C=N–C) groups is 1. The molecule has 4 N–H and O–H groups in total. The number of hydrogen-bond acceptors (Lipinski definition) is 9. The van der Waals surface area contributed by atoms with Crippen molar-refractivity contribution in [2.24, 2.45) is 15.9 Å². The summed E-state index contributed by atoms with van der Waals surface area (Å²) in [5, 5.41) is 6.61. The SMILES string of the molecule is C/C=C(\O/N=C/C=N/C=C(\N)CCCCCC)C(C)NC(=O)c1ncnc2[nH]c(=O)cnc12. The van der Waals surface area contributed by atoms with Gasteiger partial charge in [-0.3, -0.25) is 14.6 Å². The highest BCUT2D eigenvalue weighted by Gasteiger charge is 2.19. The molecule has 1 atom stereocenters. The molecule has 0 aliphatic rings. The van der Waals surface area contributed by atoms with E-state index in [-0.39, 0.29) is 16.9 Å². The van der Waals surface area contributed by atoms with E-state index in [9.17, 15) is 9.59 Å². The Morgan fingerprint density at radius 2 is 2.09 bits per heavy atom. The molecule has 2 aromatic heterocycles. The number of carbonyl (C=O) groups excluding carboxylic acids is 1. The minimum absolute atomic E-state index is 0.0354. The highest BCUT2D eigenvalue weighted by Crippen LogP contribution is 2.10. The highest BCUT2D eigenvalue weighted by molar-refractivity contribution is 6.16. The van der Waals surface area contributed by atoms with Gasteiger partial charge in [0.15, 0.2) is 17.1 Å². The minimum atomic E-state index is -0.511. The molecule has 2 rings (SSSR count). The number of nitrogens with one attached hydrogen (secondary N) is 2. The first-order valence-electron chi connectivity index (χ1n) is 10.8. The summed E-state index contributed by atoms with van der Waals surface area (Å²) < 4.78 is 0. The summed E-state index contributed by atoms with van der Waals surface area (Å²) in [5.74, 6) is -0.0822. The third-order valence-electron chi connectivity index (χ3n) is 4.58. The van der Waals surface area contributed by atoms with E-state index in [4.69, 9.17) is 10.6 Å². The van der Waals surface area contributed by atoms with E-state index in [1.165, 1.54) is 31.6 Å². The summed E-state index contributed by atoms with van der Waals surface area (Å²) in [7, 11) is 0. The monoisotopic (exact) mass is 454 g/mol. The first-order valence-corrected chi connectivity index (χ1v) is 10.8. The summed E-state index contributed by atoms with van der Waals surface area (Å²) >= 11 is 0. The zero-order valence-corrected chi connectivity index (χ0v) is 19.1. The number of aromatic nitrogens is 4. The number of amides is 1. The first kappa shape index (κ1) is 25.4. The fourth-order valence-corrected chi connectivity index (χ4v) is 2.86. The minimum Gasteiger partial charge on any atom is -0.401 e. The van der Waals surface area contributed by atoms with E-state index >= 15 is 0 Å². The number of fused-ring (bicyclic) bond motifs is 1. The molecule has 1 amide bonds. The number of hydrogen-bond donors (Lipinski definition) is 3. The molecule has 1 unspecified atom stereocenters. The standard InChI is InChI=1S/C22H30N8O3/c1-4-6-7-8-9-16(23)12-24-10-11-28-33-17(5-2)15(3)29-22(32)20-19-21(27-14-26-20)30-18(31)13-25-19/h5,10-15H,4,6-9,23H2,1-3H3,(H,29,32)(H,26,27,30,31)/b16-12-,17-5-,24-10+,28-11+. The van der Waals surface area contributed by atoms with Crippen molar-refractivity contribution in [3.8, 4) is 0 Å². The molecule has 0 radical (unpaired) electrons. The maximum absolute atomic E-state index is 12.7. The average Bonchev–Trinajstić information content (AvgIpc) is 2.80. The molecule has 0 fully saturated rings. The van der Waals surface area contributed by atoms with Crippen LogP contribution in [0.1, 0.15) is 63.4 Å². The molecular formula is C22H30N8O3. The third kappa shape index (κ3) is 8.28. The lowest BCUT2D eigenvalue weighted by Gasteiger charge is -2.15. The molecule has 0 aliphatic heterocycles.